The number of nitrogens with zero attached hydrogens (tertiary/aromatic N) is 4. The van der Waals surface area contributed by atoms with Crippen LogP contribution in [0.25, 0.3) is 0 Å². The highest BCUT2D eigenvalue weighted by atomic mass is 32.2. The maximum absolute atomic E-state index is 13.5. The summed E-state index contributed by atoms with van der Waals surface area (Å²) in [7, 11) is 1.62. The summed E-state index contributed by atoms with van der Waals surface area (Å²) < 4.78 is 7.58. The smallest absolute Gasteiger partial charge is 0.242 e. The van der Waals surface area contributed by atoms with E-state index < -0.39 is 5.25 Å². The second kappa shape index (κ2) is 10.1. The Morgan fingerprint density at radius 3 is 2.53 bits per heavy atom. The van der Waals surface area contributed by atoms with E-state index in [9.17, 15) is 4.79 Å². The van der Waals surface area contributed by atoms with Crippen molar-refractivity contribution in [1.82, 2.24) is 14.8 Å². The fourth-order valence-corrected chi connectivity index (χ4v) is 5.44. The standard InChI is InChI=1S/C26H31N5O2S/c1-18-13-15-30(16-14-18)25-28-29-26(31(25)21-11-12-21)34-23(19-7-4-3-5-8-19)24(32)27-20-9-6-10-22(17-20)33-2/h3-10,17-18,21,23H,11-16H2,1-2H3,(H,27,32). The van der Waals surface area contributed by atoms with Gasteiger partial charge in [-0.1, -0.05) is 55.1 Å². The summed E-state index contributed by atoms with van der Waals surface area (Å²) in [5.74, 6) is 2.32. The number of rotatable bonds is 8. The molecule has 5 rings (SSSR count). The Bertz CT molecular complexity index is 1120. The minimum Gasteiger partial charge on any atom is -0.497 e. The number of aromatic nitrogens is 3. The number of piperidine rings is 1. The molecular formula is C26H31N5O2S. The molecule has 1 aromatic heterocycles. The van der Waals surface area contributed by atoms with Crippen molar-refractivity contribution >= 4 is 29.3 Å². The molecule has 2 aromatic carbocycles. The summed E-state index contributed by atoms with van der Waals surface area (Å²) in [5, 5.41) is 12.6. The van der Waals surface area contributed by atoms with Crippen molar-refractivity contribution in [2.45, 2.75) is 49.1 Å². The van der Waals surface area contributed by atoms with Crippen molar-refractivity contribution in [2.75, 3.05) is 30.4 Å². The first kappa shape index (κ1) is 22.8. The van der Waals surface area contributed by atoms with Crippen LogP contribution in [0.1, 0.15) is 49.5 Å². The van der Waals surface area contributed by atoms with Crippen LogP contribution in [0.4, 0.5) is 11.6 Å². The number of thioether (sulfide) groups is 1. The van der Waals surface area contributed by atoms with E-state index in [1.54, 1.807) is 7.11 Å². The third kappa shape index (κ3) is 5.06. The lowest BCUT2D eigenvalue weighted by Gasteiger charge is -2.31. The number of carbonyl (C=O) groups is 1. The van der Waals surface area contributed by atoms with Crippen LogP contribution >= 0.6 is 11.8 Å². The third-order valence-electron chi connectivity index (χ3n) is 6.53. The number of carbonyl (C=O) groups excluding carboxylic acids is 1. The average molecular weight is 478 g/mol. The molecule has 1 unspecified atom stereocenters. The highest BCUT2D eigenvalue weighted by molar-refractivity contribution is 8.00. The summed E-state index contributed by atoms with van der Waals surface area (Å²) in [4.78, 5) is 15.9. The zero-order valence-electron chi connectivity index (χ0n) is 19.7. The molecule has 1 aliphatic heterocycles. The topological polar surface area (TPSA) is 72.3 Å². The lowest BCUT2D eigenvalue weighted by molar-refractivity contribution is -0.115. The van der Waals surface area contributed by atoms with E-state index in [0.29, 0.717) is 17.5 Å². The number of benzene rings is 2. The first-order chi connectivity index (χ1) is 16.6. The van der Waals surface area contributed by atoms with Gasteiger partial charge in [-0.15, -0.1) is 10.2 Å². The molecule has 0 radical (unpaired) electrons. The van der Waals surface area contributed by atoms with E-state index >= 15 is 0 Å². The molecule has 1 atom stereocenters. The molecule has 1 amide bonds. The van der Waals surface area contributed by atoms with Crippen molar-refractivity contribution in [1.29, 1.82) is 0 Å². The van der Waals surface area contributed by atoms with E-state index in [-0.39, 0.29) is 5.91 Å². The lowest BCUT2D eigenvalue weighted by atomic mass is 10.00. The molecule has 1 aliphatic carbocycles. The predicted molar refractivity (Wildman–Crippen MR) is 136 cm³/mol. The fraction of sp³-hybridized carbons (Fsp3) is 0.423. The first-order valence-corrected chi connectivity index (χ1v) is 12.9. The highest BCUT2D eigenvalue weighted by Crippen LogP contribution is 2.44. The van der Waals surface area contributed by atoms with E-state index in [0.717, 1.165) is 48.5 Å². The molecule has 0 spiro atoms. The molecule has 34 heavy (non-hydrogen) atoms. The summed E-state index contributed by atoms with van der Waals surface area (Å²) >= 11 is 1.48. The number of amides is 1. The van der Waals surface area contributed by atoms with Gasteiger partial charge in [0, 0.05) is 30.9 Å². The van der Waals surface area contributed by atoms with Crippen LogP contribution in [0.5, 0.6) is 5.75 Å². The van der Waals surface area contributed by atoms with E-state index in [1.165, 1.54) is 24.6 Å². The van der Waals surface area contributed by atoms with Gasteiger partial charge >= 0.3 is 0 Å². The van der Waals surface area contributed by atoms with Crippen molar-refractivity contribution < 1.29 is 9.53 Å². The van der Waals surface area contributed by atoms with Crippen molar-refractivity contribution in [3.8, 4) is 5.75 Å². The van der Waals surface area contributed by atoms with Gasteiger partial charge in [0.1, 0.15) is 11.0 Å². The normalized spacial score (nSPS) is 17.4. The van der Waals surface area contributed by atoms with Gasteiger partial charge in [0.25, 0.3) is 0 Å². The van der Waals surface area contributed by atoms with Crippen molar-refractivity contribution in [3.63, 3.8) is 0 Å². The number of anilines is 2. The van der Waals surface area contributed by atoms with Crippen LogP contribution < -0.4 is 15.0 Å². The predicted octanol–water partition coefficient (Wildman–Crippen LogP) is 5.33. The van der Waals surface area contributed by atoms with E-state index in [1.807, 2.05) is 54.6 Å². The monoisotopic (exact) mass is 477 g/mol. The summed E-state index contributed by atoms with van der Waals surface area (Å²) in [6.45, 7) is 4.33. The fourth-order valence-electron chi connectivity index (χ4n) is 4.34. The Hall–Kier alpha value is -3.00. The van der Waals surface area contributed by atoms with Crippen LogP contribution in [0.2, 0.25) is 0 Å². The quantitative estimate of drug-likeness (QED) is 0.442. The average Bonchev–Trinajstić information content (AvgIpc) is 3.62. The van der Waals surface area contributed by atoms with Gasteiger partial charge < -0.3 is 15.0 Å². The van der Waals surface area contributed by atoms with Crippen molar-refractivity contribution in [3.05, 3.63) is 60.2 Å². The van der Waals surface area contributed by atoms with E-state index in [2.05, 4.69) is 31.9 Å². The van der Waals surface area contributed by atoms with Crippen LogP contribution in [0, 0.1) is 5.92 Å². The Morgan fingerprint density at radius 2 is 1.82 bits per heavy atom. The Morgan fingerprint density at radius 1 is 1.06 bits per heavy atom. The minimum atomic E-state index is -0.455. The molecule has 1 saturated heterocycles. The number of methoxy groups -OCH3 is 1. The van der Waals surface area contributed by atoms with Crippen LogP contribution in [-0.2, 0) is 4.79 Å². The van der Waals surface area contributed by atoms with Gasteiger partial charge in [0.2, 0.25) is 11.9 Å². The molecule has 8 heteroatoms. The van der Waals surface area contributed by atoms with Gasteiger partial charge in [0.15, 0.2) is 5.16 Å². The number of hydrogen-bond acceptors (Lipinski definition) is 6. The zero-order chi connectivity index (χ0) is 23.5. The molecule has 1 saturated carbocycles. The Balaban J connectivity index is 1.42. The summed E-state index contributed by atoms with van der Waals surface area (Å²) in [5.41, 5.74) is 1.64. The Labute approximate surface area is 204 Å². The minimum absolute atomic E-state index is 0.0943. The second-order valence-corrected chi connectivity index (χ2v) is 10.3. The SMILES string of the molecule is COc1cccc(NC(=O)C(Sc2nnc(N3CCC(C)CC3)n2C2CC2)c2ccccc2)c1. The van der Waals surface area contributed by atoms with Crippen molar-refractivity contribution in [2.24, 2.45) is 5.92 Å². The van der Waals surface area contributed by atoms with Crippen LogP contribution in [0.3, 0.4) is 0 Å². The summed E-state index contributed by atoms with van der Waals surface area (Å²) in [6, 6.07) is 17.7. The molecule has 178 valence electrons. The van der Waals surface area contributed by atoms with E-state index in [4.69, 9.17) is 4.74 Å². The first-order valence-electron chi connectivity index (χ1n) is 12.0. The largest absolute Gasteiger partial charge is 0.497 e. The lowest BCUT2D eigenvalue weighted by Crippen LogP contribution is -2.34. The van der Waals surface area contributed by atoms with Gasteiger partial charge in [-0.05, 0) is 49.3 Å². The molecule has 3 aromatic rings. The zero-order valence-corrected chi connectivity index (χ0v) is 20.5. The van der Waals surface area contributed by atoms with Gasteiger partial charge in [0.05, 0.1) is 7.11 Å². The molecular weight excluding hydrogens is 446 g/mol. The summed E-state index contributed by atoms with van der Waals surface area (Å²) in [6.07, 6.45) is 4.62. The molecule has 1 N–H and O–H groups in total. The number of hydrogen-bond donors (Lipinski definition) is 1. The molecule has 2 aliphatic rings. The van der Waals surface area contributed by atoms with Crippen LogP contribution in [-0.4, -0.2) is 40.9 Å². The van der Waals surface area contributed by atoms with Crippen LogP contribution in [0.15, 0.2) is 59.8 Å². The van der Waals surface area contributed by atoms with Gasteiger partial charge in [-0.25, -0.2) is 0 Å². The van der Waals surface area contributed by atoms with Gasteiger partial charge in [-0.3, -0.25) is 9.36 Å². The highest BCUT2D eigenvalue weighted by Gasteiger charge is 2.34. The maximum Gasteiger partial charge on any atom is 0.242 e. The molecule has 2 heterocycles. The second-order valence-electron chi connectivity index (χ2n) is 9.18. The molecule has 0 bridgehead atoms. The van der Waals surface area contributed by atoms with Gasteiger partial charge in [-0.2, -0.15) is 0 Å². The maximum atomic E-state index is 13.5. The molecule has 2 fully saturated rings. The molecule has 7 nitrogen and oxygen atoms in total. The Kier molecular flexibility index (Phi) is 6.76. The number of ether oxygens (including phenoxy) is 1. The third-order valence-corrected chi connectivity index (χ3v) is 7.74. The number of nitrogens with one attached hydrogen (secondary N) is 1.